The fourth-order valence-corrected chi connectivity index (χ4v) is 11.8. The van der Waals surface area contributed by atoms with Gasteiger partial charge >= 0.3 is 13.8 Å². The number of benzene rings is 1. The van der Waals surface area contributed by atoms with E-state index in [4.69, 9.17) is 28.8 Å². The van der Waals surface area contributed by atoms with Gasteiger partial charge in [0, 0.05) is 25.4 Å². The van der Waals surface area contributed by atoms with Crippen LogP contribution >= 0.6 is 7.82 Å². The fraction of sp³-hybridized carbons (Fsp3) is 0.786. The lowest BCUT2D eigenvalue weighted by molar-refractivity contribution is -0.158. The largest absolute Gasteiger partial charge is 0.531 e. The van der Waals surface area contributed by atoms with E-state index in [1.165, 1.54) is 18.2 Å². The highest BCUT2D eigenvalue weighted by atomic mass is 31.2. The normalized spacial score (nSPS) is 31.3. The lowest BCUT2D eigenvalue weighted by Gasteiger charge is -2.50. The van der Waals surface area contributed by atoms with Crippen molar-refractivity contribution in [1.82, 2.24) is 5.32 Å². The zero-order valence-corrected chi connectivity index (χ0v) is 35.9. The maximum Gasteiger partial charge on any atom is 0.531 e. The molecule has 11 atom stereocenters. The van der Waals surface area contributed by atoms with Gasteiger partial charge in [0.1, 0.15) is 11.9 Å². The van der Waals surface area contributed by atoms with Gasteiger partial charge in [0.15, 0.2) is 0 Å². The summed E-state index contributed by atoms with van der Waals surface area (Å²) in [5.74, 6) is -0.872. The van der Waals surface area contributed by atoms with Crippen molar-refractivity contribution < 1.29 is 57.3 Å². The van der Waals surface area contributed by atoms with Crippen LogP contribution in [0.3, 0.4) is 0 Å². The van der Waals surface area contributed by atoms with Crippen molar-refractivity contribution in [3.63, 3.8) is 0 Å². The second kappa shape index (κ2) is 18.0. The smallest absolute Gasteiger partial charge is 0.462 e. The molecular weight excluding hydrogens is 755 g/mol. The number of hydrogen-bond acceptors (Lipinski definition) is 12. The molecule has 5 rings (SSSR count). The minimum Gasteiger partial charge on any atom is -0.462 e. The Labute approximate surface area is 337 Å². The van der Waals surface area contributed by atoms with Crippen LogP contribution in [-0.4, -0.2) is 88.0 Å². The molecule has 1 aromatic carbocycles. The first-order valence-electron chi connectivity index (χ1n) is 20.7. The van der Waals surface area contributed by atoms with Gasteiger partial charge in [0.05, 0.1) is 47.6 Å². The molecule has 14 nitrogen and oxygen atoms in total. The van der Waals surface area contributed by atoms with Gasteiger partial charge in [-0.2, -0.15) is 0 Å². The van der Waals surface area contributed by atoms with Crippen molar-refractivity contribution >= 4 is 25.6 Å². The van der Waals surface area contributed by atoms with Gasteiger partial charge in [0.2, 0.25) is 11.8 Å². The van der Waals surface area contributed by atoms with Crippen LogP contribution < -0.4 is 15.6 Å². The predicted octanol–water partition coefficient (Wildman–Crippen LogP) is 5.61. The zero-order chi connectivity index (χ0) is 42.1. The Bertz CT molecular complexity index is 1620. The standard InChI is InChI=1S/C42H67N2O12P/c1-40(2,3)55-57(51,56-41(4,5)6)54-25-10-12-26-24(23-25)9-11-28-27(26)21-22-42(7)29(28)13-18-34(42)53-36(48)20-16-32(46)31(45)15-19-35(47)44-30-14-17-33(52-8)37(38(30)49)39(43)50/h10,12,23,27-34,37-38,45-46,49H,9,11,13-22H2,1-8H3,(H2,43,50)(H,44,47). The van der Waals surface area contributed by atoms with Crippen molar-refractivity contribution in [2.45, 2.75) is 179 Å². The highest BCUT2D eigenvalue weighted by Crippen LogP contribution is 2.62. The molecule has 0 heterocycles. The number of amides is 2. The maximum absolute atomic E-state index is 13.8. The van der Waals surface area contributed by atoms with E-state index in [-0.39, 0.29) is 37.2 Å². The maximum atomic E-state index is 13.8. The van der Waals surface area contributed by atoms with Gasteiger partial charge in [-0.15, -0.1) is 0 Å². The van der Waals surface area contributed by atoms with E-state index in [9.17, 15) is 34.3 Å². The molecule has 0 aromatic heterocycles. The number of methoxy groups -OCH3 is 1. The number of fused-ring (bicyclic) bond motifs is 5. The first kappa shape index (κ1) is 45.5. The van der Waals surface area contributed by atoms with E-state index in [0.717, 1.165) is 38.5 Å². The molecule has 4 aliphatic rings. The number of rotatable bonds is 15. The number of primary amides is 1. The lowest BCUT2D eigenvalue weighted by atomic mass is 9.55. The first-order valence-corrected chi connectivity index (χ1v) is 22.2. The average molecular weight is 823 g/mol. The molecule has 322 valence electrons. The quantitative estimate of drug-likeness (QED) is 0.108. The number of nitrogens with two attached hydrogens (primary N) is 1. The Balaban J connectivity index is 1.10. The molecular formula is C42H67N2O12P. The minimum absolute atomic E-state index is 0.0121. The Kier molecular flexibility index (Phi) is 14.3. The highest BCUT2D eigenvalue weighted by molar-refractivity contribution is 7.49. The van der Waals surface area contributed by atoms with E-state index >= 15 is 0 Å². The van der Waals surface area contributed by atoms with Crippen LogP contribution in [0.1, 0.15) is 136 Å². The molecule has 6 N–H and O–H groups in total. The van der Waals surface area contributed by atoms with E-state index < -0.39 is 73.2 Å². The first-order chi connectivity index (χ1) is 26.5. The topological polar surface area (TPSA) is 213 Å². The number of aliphatic hydroxyl groups excluding tert-OH is 3. The summed E-state index contributed by atoms with van der Waals surface area (Å²) in [6, 6.07) is 5.25. The molecule has 2 amide bonds. The third kappa shape index (κ3) is 11.2. The number of carbonyl (C=O) groups excluding carboxylic acids is 3. The van der Waals surface area contributed by atoms with Gasteiger partial charge in [0.25, 0.3) is 0 Å². The number of carbonyl (C=O) groups is 3. The molecule has 4 aliphatic carbocycles. The zero-order valence-electron chi connectivity index (χ0n) is 35.0. The van der Waals surface area contributed by atoms with Gasteiger partial charge < -0.3 is 40.4 Å². The van der Waals surface area contributed by atoms with Crippen molar-refractivity contribution in [2.24, 2.45) is 28.9 Å². The summed E-state index contributed by atoms with van der Waals surface area (Å²) in [6.07, 6.45) is 1.57. The van der Waals surface area contributed by atoms with Crippen LogP contribution in [0.4, 0.5) is 0 Å². The lowest BCUT2D eigenvalue weighted by Crippen LogP contribution is -2.57. The fourth-order valence-electron chi connectivity index (χ4n) is 9.98. The Morgan fingerprint density at radius 1 is 0.947 bits per heavy atom. The number of hydrogen-bond donors (Lipinski definition) is 5. The molecule has 57 heavy (non-hydrogen) atoms. The van der Waals surface area contributed by atoms with Gasteiger partial charge in [-0.1, -0.05) is 13.0 Å². The van der Waals surface area contributed by atoms with Gasteiger partial charge in [-0.3, -0.25) is 23.4 Å². The molecule has 15 heteroatoms. The third-order valence-electron chi connectivity index (χ3n) is 12.5. The van der Waals surface area contributed by atoms with Crippen molar-refractivity contribution in [2.75, 3.05) is 7.11 Å². The third-order valence-corrected chi connectivity index (χ3v) is 14.5. The second-order valence-electron chi connectivity index (χ2n) is 19.0. The number of aryl methyl sites for hydroxylation is 1. The van der Waals surface area contributed by atoms with E-state index in [1.807, 2.05) is 53.7 Å². The molecule has 3 saturated carbocycles. The number of esters is 1. The van der Waals surface area contributed by atoms with Crippen molar-refractivity contribution in [3.05, 3.63) is 29.3 Å². The monoisotopic (exact) mass is 822 g/mol. The van der Waals surface area contributed by atoms with Crippen LogP contribution in [0, 0.1) is 23.2 Å². The van der Waals surface area contributed by atoms with E-state index in [0.29, 0.717) is 36.3 Å². The summed E-state index contributed by atoms with van der Waals surface area (Å²) < 4.78 is 42.8. The summed E-state index contributed by atoms with van der Waals surface area (Å²) in [5.41, 5.74) is 6.27. The number of aliphatic hydroxyl groups is 3. The molecule has 0 saturated heterocycles. The molecule has 0 aliphatic heterocycles. The summed E-state index contributed by atoms with van der Waals surface area (Å²) in [4.78, 5) is 37.6. The summed E-state index contributed by atoms with van der Waals surface area (Å²) in [5, 5.41) is 34.6. The second-order valence-corrected chi connectivity index (χ2v) is 20.4. The predicted molar refractivity (Wildman–Crippen MR) is 212 cm³/mol. The molecule has 1 aromatic rings. The Morgan fingerprint density at radius 2 is 1.60 bits per heavy atom. The number of ether oxygens (including phenoxy) is 2. The Morgan fingerprint density at radius 3 is 2.21 bits per heavy atom. The van der Waals surface area contributed by atoms with Crippen molar-refractivity contribution in [1.29, 1.82) is 0 Å². The minimum atomic E-state index is -3.93. The summed E-state index contributed by atoms with van der Waals surface area (Å²) in [6.45, 7) is 13.1. The summed E-state index contributed by atoms with van der Waals surface area (Å²) in [7, 11) is -2.49. The van der Waals surface area contributed by atoms with Crippen LogP contribution in [0.5, 0.6) is 5.75 Å². The van der Waals surface area contributed by atoms with Gasteiger partial charge in [-0.05, 0) is 147 Å². The molecule has 3 fully saturated rings. The number of phosphoric ester groups is 1. The highest BCUT2D eigenvalue weighted by Gasteiger charge is 2.56. The molecule has 11 unspecified atom stereocenters. The molecule has 0 bridgehead atoms. The SMILES string of the molecule is COC1CCC(NC(=O)CCC(O)C(O)CCC(=O)OC2CCC3C4CCc5cc(OP(=O)(OC(C)(C)C)OC(C)(C)C)ccc5C4CCC23C)C(O)C1C(N)=O. The summed E-state index contributed by atoms with van der Waals surface area (Å²) >= 11 is 0. The van der Waals surface area contributed by atoms with Crippen LogP contribution in [0.15, 0.2) is 18.2 Å². The van der Waals surface area contributed by atoms with Crippen LogP contribution in [0.25, 0.3) is 0 Å². The van der Waals surface area contributed by atoms with E-state index in [1.54, 1.807) is 0 Å². The van der Waals surface area contributed by atoms with E-state index in [2.05, 4.69) is 18.3 Å². The van der Waals surface area contributed by atoms with Gasteiger partial charge in [-0.25, -0.2) is 4.57 Å². The van der Waals surface area contributed by atoms with Crippen LogP contribution in [0.2, 0.25) is 0 Å². The Hall–Kier alpha value is -2.58. The average Bonchev–Trinajstić information content (AvgIpc) is 3.43. The molecule has 0 radical (unpaired) electrons. The van der Waals surface area contributed by atoms with Crippen LogP contribution in [-0.2, 0) is 43.9 Å². The number of nitrogens with one attached hydrogen (secondary N) is 1. The van der Waals surface area contributed by atoms with Crippen molar-refractivity contribution in [3.8, 4) is 5.75 Å². The molecule has 0 spiro atoms. The number of phosphoric acid groups is 1.